The second-order valence-corrected chi connectivity index (χ2v) is 10.8. The van der Waals surface area contributed by atoms with Gasteiger partial charge in [0.25, 0.3) is 5.91 Å². The van der Waals surface area contributed by atoms with Crippen molar-refractivity contribution in [1.29, 1.82) is 0 Å². The Bertz CT molecular complexity index is 1310. The zero-order valence-corrected chi connectivity index (χ0v) is 21.5. The Kier molecular flexibility index (Phi) is 7.21. The normalized spacial score (nSPS) is 14.9. The Labute approximate surface area is 214 Å². The average molecular weight is 526 g/mol. The lowest BCUT2D eigenvalue weighted by Crippen LogP contribution is -2.38. The van der Waals surface area contributed by atoms with E-state index in [0.717, 1.165) is 33.2 Å². The molecular weight excluding hydrogens is 502 g/mol. The van der Waals surface area contributed by atoms with Crippen molar-refractivity contribution in [3.8, 4) is 11.5 Å². The number of piperidine rings is 1. The van der Waals surface area contributed by atoms with Gasteiger partial charge in [-0.1, -0.05) is 17.3 Å². The van der Waals surface area contributed by atoms with Crippen LogP contribution < -0.4 is 0 Å². The number of likely N-dealkylation sites (tertiary alicyclic amines) is 1. The third kappa shape index (κ3) is 5.29. The minimum absolute atomic E-state index is 0.0762. The molecule has 1 aliphatic heterocycles. The number of thiazole rings is 1. The Hall–Kier alpha value is -3.08. The summed E-state index contributed by atoms with van der Waals surface area (Å²) in [6, 6.07) is 9.57. The summed E-state index contributed by atoms with van der Waals surface area (Å²) in [5.74, 6) is 0.288. The Morgan fingerprint density at radius 2 is 1.97 bits per heavy atom. The molecule has 1 amide bonds. The van der Waals surface area contributed by atoms with E-state index in [1.807, 2.05) is 51.4 Å². The summed E-state index contributed by atoms with van der Waals surface area (Å²) in [5, 5.41) is 10.7. The molecule has 0 unspecified atom stereocenters. The van der Waals surface area contributed by atoms with E-state index >= 15 is 0 Å². The minimum Gasteiger partial charge on any atom is -0.461 e. The van der Waals surface area contributed by atoms with Gasteiger partial charge in [0.05, 0.1) is 17.2 Å². The Morgan fingerprint density at radius 3 is 2.69 bits per heavy atom. The number of hydrogen-bond acceptors (Lipinski definition) is 9. The van der Waals surface area contributed by atoms with Crippen molar-refractivity contribution < 1.29 is 18.8 Å². The molecule has 4 aromatic heterocycles. The van der Waals surface area contributed by atoms with Crippen LogP contribution >= 0.6 is 34.0 Å². The van der Waals surface area contributed by atoms with Gasteiger partial charge >= 0.3 is 5.97 Å². The van der Waals surface area contributed by atoms with E-state index in [4.69, 9.17) is 14.2 Å². The number of thiophene rings is 2. The molecular formula is C25H23N3O4S3. The molecule has 4 aromatic rings. The van der Waals surface area contributed by atoms with E-state index in [1.165, 1.54) is 0 Å². The standard InChI is InChI=1S/C25H23N3O4S3/c1-2-31-25(30)19-14-21(32-27-19)20-15-35-23(26-20)16-7-9-28(10-8-16)24(29)18(22-6-4-12-34-22)13-17-5-3-11-33-17/h3-6,11-16H,2,7-10H2,1H3/b18-13+. The van der Waals surface area contributed by atoms with Crippen molar-refractivity contribution in [3.05, 3.63) is 66.9 Å². The van der Waals surface area contributed by atoms with Crippen molar-refractivity contribution in [2.45, 2.75) is 25.7 Å². The van der Waals surface area contributed by atoms with Crippen LogP contribution in [0, 0.1) is 0 Å². The molecule has 0 bridgehead atoms. The third-order valence-corrected chi connectivity index (χ3v) is 8.48. The first-order valence-electron chi connectivity index (χ1n) is 11.3. The maximum absolute atomic E-state index is 13.5. The fourth-order valence-corrected chi connectivity index (χ4v) is 6.34. The number of carbonyl (C=O) groups is 2. The van der Waals surface area contributed by atoms with Crippen molar-refractivity contribution in [2.24, 2.45) is 0 Å². The lowest BCUT2D eigenvalue weighted by molar-refractivity contribution is -0.125. The van der Waals surface area contributed by atoms with Crippen LogP contribution in [0.4, 0.5) is 0 Å². The zero-order valence-electron chi connectivity index (χ0n) is 19.0. The second-order valence-electron chi connectivity index (χ2n) is 7.99. The largest absolute Gasteiger partial charge is 0.461 e. The molecule has 1 saturated heterocycles. The highest BCUT2D eigenvalue weighted by Crippen LogP contribution is 2.35. The summed E-state index contributed by atoms with van der Waals surface area (Å²) in [5.41, 5.74) is 1.55. The first-order valence-corrected chi connectivity index (χ1v) is 13.9. The fourth-order valence-electron chi connectivity index (χ4n) is 3.97. The lowest BCUT2D eigenvalue weighted by Gasteiger charge is -2.31. The fraction of sp³-hybridized carbons (Fsp3) is 0.280. The van der Waals surface area contributed by atoms with Gasteiger partial charge in [0.1, 0.15) is 5.69 Å². The van der Waals surface area contributed by atoms with Crippen LogP contribution in [0.1, 0.15) is 50.9 Å². The summed E-state index contributed by atoms with van der Waals surface area (Å²) in [4.78, 5) is 34.1. The summed E-state index contributed by atoms with van der Waals surface area (Å²) >= 11 is 4.78. The molecule has 35 heavy (non-hydrogen) atoms. The summed E-state index contributed by atoms with van der Waals surface area (Å²) in [6.07, 6.45) is 3.69. The van der Waals surface area contributed by atoms with Crippen LogP contribution in [-0.4, -0.2) is 46.6 Å². The highest BCUT2D eigenvalue weighted by atomic mass is 32.1. The smallest absolute Gasteiger partial charge is 0.360 e. The molecule has 0 radical (unpaired) electrons. The minimum atomic E-state index is -0.509. The van der Waals surface area contributed by atoms with Crippen molar-refractivity contribution in [1.82, 2.24) is 15.0 Å². The van der Waals surface area contributed by atoms with Crippen molar-refractivity contribution >= 4 is 57.5 Å². The predicted octanol–water partition coefficient (Wildman–Crippen LogP) is 6.04. The van der Waals surface area contributed by atoms with Crippen LogP contribution in [0.3, 0.4) is 0 Å². The Morgan fingerprint density at radius 1 is 1.17 bits per heavy atom. The van der Waals surface area contributed by atoms with Gasteiger partial charge in [0.15, 0.2) is 11.5 Å². The van der Waals surface area contributed by atoms with Gasteiger partial charge in [0.2, 0.25) is 0 Å². The summed E-state index contributed by atoms with van der Waals surface area (Å²) in [7, 11) is 0. The number of rotatable bonds is 7. The number of carbonyl (C=O) groups excluding carboxylic acids is 2. The second kappa shape index (κ2) is 10.7. The van der Waals surface area contributed by atoms with Gasteiger partial charge in [-0.25, -0.2) is 9.78 Å². The highest BCUT2D eigenvalue weighted by Gasteiger charge is 2.28. The van der Waals surface area contributed by atoms with E-state index in [1.54, 1.807) is 47.0 Å². The summed E-state index contributed by atoms with van der Waals surface area (Å²) < 4.78 is 10.3. The number of hydrogen-bond donors (Lipinski definition) is 0. The number of nitrogens with zero attached hydrogens (tertiary/aromatic N) is 3. The molecule has 0 spiro atoms. The predicted molar refractivity (Wildman–Crippen MR) is 139 cm³/mol. The monoisotopic (exact) mass is 525 g/mol. The van der Waals surface area contributed by atoms with Gasteiger partial charge in [-0.2, -0.15) is 0 Å². The van der Waals surface area contributed by atoms with Crippen molar-refractivity contribution in [2.75, 3.05) is 19.7 Å². The molecule has 7 nitrogen and oxygen atoms in total. The zero-order chi connectivity index (χ0) is 24.2. The van der Waals surface area contributed by atoms with Gasteiger partial charge in [-0.05, 0) is 48.7 Å². The van der Waals surface area contributed by atoms with E-state index in [0.29, 0.717) is 24.5 Å². The van der Waals surface area contributed by atoms with Crippen LogP contribution in [0.25, 0.3) is 23.1 Å². The quantitative estimate of drug-likeness (QED) is 0.216. The molecule has 0 aliphatic carbocycles. The Balaban J connectivity index is 1.25. The number of esters is 1. The van der Waals surface area contributed by atoms with Crippen LogP contribution in [-0.2, 0) is 9.53 Å². The van der Waals surface area contributed by atoms with E-state index in [9.17, 15) is 9.59 Å². The number of amides is 1. The molecule has 5 heterocycles. The first kappa shape index (κ1) is 23.7. The topological polar surface area (TPSA) is 85.5 Å². The van der Waals surface area contributed by atoms with E-state index in [2.05, 4.69) is 5.16 Å². The number of aromatic nitrogens is 2. The molecule has 1 fully saturated rings. The average Bonchev–Trinajstić information content (AvgIpc) is 3.70. The van der Waals surface area contributed by atoms with Gasteiger partial charge in [0, 0.05) is 40.2 Å². The van der Waals surface area contributed by atoms with Gasteiger partial charge in [-0.3, -0.25) is 4.79 Å². The summed E-state index contributed by atoms with van der Waals surface area (Å²) in [6.45, 7) is 3.39. The first-order chi connectivity index (χ1) is 17.1. The molecule has 1 aliphatic rings. The van der Waals surface area contributed by atoms with Gasteiger partial charge < -0.3 is 14.2 Å². The van der Waals surface area contributed by atoms with Crippen LogP contribution in [0.15, 0.2) is 51.0 Å². The van der Waals surface area contributed by atoms with Crippen LogP contribution in [0.2, 0.25) is 0 Å². The third-order valence-electron chi connectivity index (χ3n) is 5.75. The van der Waals surface area contributed by atoms with Crippen LogP contribution in [0.5, 0.6) is 0 Å². The molecule has 180 valence electrons. The molecule has 0 saturated carbocycles. The maximum Gasteiger partial charge on any atom is 0.360 e. The maximum atomic E-state index is 13.5. The molecule has 0 atom stereocenters. The SMILES string of the molecule is CCOC(=O)c1cc(-c2csc(C3CCN(C(=O)/C(=C/c4cccs4)c4cccs4)CC3)n2)on1. The molecule has 0 N–H and O–H groups in total. The molecule has 0 aromatic carbocycles. The van der Waals surface area contributed by atoms with E-state index < -0.39 is 5.97 Å². The van der Waals surface area contributed by atoms with E-state index in [-0.39, 0.29) is 24.1 Å². The highest BCUT2D eigenvalue weighted by molar-refractivity contribution is 7.12. The van der Waals surface area contributed by atoms with Crippen molar-refractivity contribution in [3.63, 3.8) is 0 Å². The molecule has 5 rings (SSSR count). The molecule has 10 heteroatoms. The van der Waals surface area contributed by atoms with Gasteiger partial charge in [-0.15, -0.1) is 34.0 Å². The lowest BCUT2D eigenvalue weighted by atomic mass is 9.96. The number of ether oxygens (including phenoxy) is 1.